The monoisotopic (exact) mass is 274 g/mol. The fraction of sp³-hybridized carbons (Fsp3) is 0.200. The van der Waals surface area contributed by atoms with Crippen LogP contribution in [0.1, 0.15) is 18.0 Å². The molecule has 1 unspecified atom stereocenters. The Balaban J connectivity index is 1.85. The van der Waals surface area contributed by atoms with Crippen molar-refractivity contribution >= 4 is 0 Å². The van der Waals surface area contributed by atoms with Gasteiger partial charge in [-0.25, -0.2) is 4.68 Å². The minimum atomic E-state index is -0.462. The van der Waals surface area contributed by atoms with Gasteiger partial charge in [0.1, 0.15) is 18.4 Å². The third-order valence-corrected chi connectivity index (χ3v) is 3.00. The molecule has 0 aromatic carbocycles. The van der Waals surface area contributed by atoms with Gasteiger partial charge < -0.3 is 5.73 Å². The van der Waals surface area contributed by atoms with Crippen molar-refractivity contribution in [1.82, 2.24) is 30.0 Å². The maximum atomic E-state index is 10.9. The Bertz CT molecular complexity index is 699. The standard InChI is InChI=1S/C10H10N8O2/c11-8-2-1-7(3-10(8)18(19)20)9-4-17(15-14-9)16-5-12-13-6-16/h1-2,4-7H,3,11H2. The average Bonchev–Trinajstić information content (AvgIpc) is 3.09. The van der Waals surface area contributed by atoms with E-state index >= 15 is 0 Å². The predicted octanol–water partition coefficient (Wildman–Crippen LogP) is -0.329. The van der Waals surface area contributed by atoms with Gasteiger partial charge in [-0.05, 0) is 11.3 Å². The zero-order valence-electron chi connectivity index (χ0n) is 10.2. The second kappa shape index (κ2) is 4.57. The van der Waals surface area contributed by atoms with Crippen LogP contribution in [0.4, 0.5) is 0 Å². The zero-order chi connectivity index (χ0) is 14.1. The first-order valence-electron chi connectivity index (χ1n) is 5.74. The van der Waals surface area contributed by atoms with Crippen LogP contribution in [0.2, 0.25) is 0 Å². The molecule has 1 atom stereocenters. The molecule has 2 N–H and O–H groups in total. The number of nitrogens with zero attached hydrogens (tertiary/aromatic N) is 7. The van der Waals surface area contributed by atoms with Gasteiger partial charge in [0.15, 0.2) is 0 Å². The van der Waals surface area contributed by atoms with Crippen molar-refractivity contribution in [2.24, 2.45) is 5.73 Å². The Labute approximate surface area is 112 Å². The summed E-state index contributed by atoms with van der Waals surface area (Å²) in [4.78, 5) is 11.9. The van der Waals surface area contributed by atoms with E-state index < -0.39 is 4.92 Å². The quantitative estimate of drug-likeness (QED) is 0.598. The van der Waals surface area contributed by atoms with E-state index in [0.29, 0.717) is 5.69 Å². The first-order valence-corrected chi connectivity index (χ1v) is 5.74. The maximum Gasteiger partial charge on any atom is 0.269 e. The molecule has 0 amide bonds. The van der Waals surface area contributed by atoms with Gasteiger partial charge in [-0.1, -0.05) is 6.08 Å². The first-order chi connectivity index (χ1) is 9.65. The van der Waals surface area contributed by atoms with Crippen molar-refractivity contribution in [1.29, 1.82) is 0 Å². The summed E-state index contributed by atoms with van der Waals surface area (Å²) in [7, 11) is 0. The Kier molecular flexibility index (Phi) is 2.75. The lowest BCUT2D eigenvalue weighted by molar-refractivity contribution is -0.429. The highest BCUT2D eigenvalue weighted by Gasteiger charge is 2.26. The molecule has 0 bridgehead atoms. The molecule has 2 aromatic heterocycles. The lowest BCUT2D eigenvalue weighted by Gasteiger charge is -2.12. The Hall–Kier alpha value is -3.04. The van der Waals surface area contributed by atoms with Gasteiger partial charge in [0.25, 0.3) is 5.70 Å². The molecule has 102 valence electrons. The van der Waals surface area contributed by atoms with E-state index in [2.05, 4.69) is 20.5 Å². The van der Waals surface area contributed by atoms with Crippen LogP contribution in [-0.2, 0) is 0 Å². The van der Waals surface area contributed by atoms with Gasteiger partial charge in [0.05, 0.1) is 23.2 Å². The second-order valence-corrected chi connectivity index (χ2v) is 4.23. The highest BCUT2D eigenvalue weighted by molar-refractivity contribution is 5.29. The molecule has 3 rings (SSSR count). The molecular weight excluding hydrogens is 264 g/mol. The normalized spacial score (nSPS) is 18.5. The van der Waals surface area contributed by atoms with E-state index in [1.807, 2.05) is 0 Å². The van der Waals surface area contributed by atoms with Crippen LogP contribution in [0, 0.1) is 10.1 Å². The number of nitrogens with two attached hydrogens (primary N) is 1. The van der Waals surface area contributed by atoms with Gasteiger partial charge >= 0.3 is 0 Å². The summed E-state index contributed by atoms with van der Waals surface area (Å²) < 4.78 is 1.53. The van der Waals surface area contributed by atoms with Crippen molar-refractivity contribution in [3.8, 4) is 0 Å². The smallest absolute Gasteiger partial charge is 0.269 e. The van der Waals surface area contributed by atoms with Crippen molar-refractivity contribution in [3.63, 3.8) is 0 Å². The Morgan fingerprint density at radius 3 is 2.85 bits per heavy atom. The van der Waals surface area contributed by atoms with Crippen molar-refractivity contribution in [2.45, 2.75) is 12.3 Å². The van der Waals surface area contributed by atoms with Crippen molar-refractivity contribution < 1.29 is 4.92 Å². The fourth-order valence-corrected chi connectivity index (χ4v) is 1.94. The average molecular weight is 274 g/mol. The molecule has 10 heteroatoms. The number of rotatable bonds is 3. The molecule has 2 aromatic rings. The molecule has 0 spiro atoms. The molecule has 0 aliphatic heterocycles. The minimum Gasteiger partial charge on any atom is -0.393 e. The molecule has 10 nitrogen and oxygen atoms in total. The van der Waals surface area contributed by atoms with Crippen LogP contribution >= 0.6 is 0 Å². The number of hydrogen-bond acceptors (Lipinski definition) is 7. The molecule has 20 heavy (non-hydrogen) atoms. The fourth-order valence-electron chi connectivity index (χ4n) is 1.94. The van der Waals surface area contributed by atoms with Gasteiger partial charge in [-0.3, -0.25) is 10.1 Å². The van der Waals surface area contributed by atoms with Gasteiger partial charge in [-0.2, -0.15) is 4.79 Å². The topological polar surface area (TPSA) is 131 Å². The van der Waals surface area contributed by atoms with Gasteiger partial charge in [-0.15, -0.1) is 15.3 Å². The van der Waals surface area contributed by atoms with E-state index in [-0.39, 0.29) is 23.7 Å². The third kappa shape index (κ3) is 2.02. The number of aromatic nitrogens is 6. The molecule has 1 aliphatic rings. The van der Waals surface area contributed by atoms with E-state index in [9.17, 15) is 10.1 Å². The van der Waals surface area contributed by atoms with Crippen LogP contribution in [0.25, 0.3) is 0 Å². The second-order valence-electron chi connectivity index (χ2n) is 4.23. The summed E-state index contributed by atoms with van der Waals surface area (Å²) in [6.45, 7) is 0. The van der Waals surface area contributed by atoms with Crippen LogP contribution in [0.15, 0.2) is 42.4 Å². The lowest BCUT2D eigenvalue weighted by atomic mass is 9.94. The molecule has 0 saturated heterocycles. The summed E-state index contributed by atoms with van der Waals surface area (Å²) in [5.74, 6) is -0.229. The maximum absolute atomic E-state index is 10.9. The van der Waals surface area contributed by atoms with E-state index in [1.165, 1.54) is 28.2 Å². The SMILES string of the molecule is NC1=C([N+](=O)[O-])CC(c2cn(-n3cnnc3)nn2)C=C1. The summed E-state index contributed by atoms with van der Waals surface area (Å²) in [5.41, 5.74) is 6.38. The highest BCUT2D eigenvalue weighted by atomic mass is 16.6. The summed E-state index contributed by atoms with van der Waals surface area (Å²) >= 11 is 0. The third-order valence-electron chi connectivity index (χ3n) is 3.00. The summed E-state index contributed by atoms with van der Waals surface area (Å²) in [6, 6.07) is 0. The molecule has 0 radical (unpaired) electrons. The van der Waals surface area contributed by atoms with Crippen LogP contribution in [0.5, 0.6) is 0 Å². The summed E-state index contributed by atoms with van der Waals surface area (Å²) in [6.07, 6.45) is 8.10. The molecule has 0 saturated carbocycles. The predicted molar refractivity (Wildman–Crippen MR) is 65.5 cm³/mol. The van der Waals surface area contributed by atoms with Crippen molar-refractivity contribution in [3.05, 3.63) is 58.2 Å². The van der Waals surface area contributed by atoms with E-state index in [1.54, 1.807) is 12.3 Å². The van der Waals surface area contributed by atoms with Gasteiger partial charge in [0, 0.05) is 5.92 Å². The molecular formula is C10H10N8O2. The van der Waals surface area contributed by atoms with Crippen LogP contribution in [0.3, 0.4) is 0 Å². The summed E-state index contributed by atoms with van der Waals surface area (Å²) in [5, 5.41) is 26.2. The van der Waals surface area contributed by atoms with Gasteiger partial charge in [0.2, 0.25) is 0 Å². The number of nitro groups is 1. The molecule has 1 aliphatic carbocycles. The van der Waals surface area contributed by atoms with Crippen LogP contribution in [-0.4, -0.2) is 34.9 Å². The lowest BCUT2D eigenvalue weighted by Crippen LogP contribution is -2.15. The highest BCUT2D eigenvalue weighted by Crippen LogP contribution is 2.28. The van der Waals surface area contributed by atoms with E-state index in [4.69, 9.17) is 5.73 Å². The van der Waals surface area contributed by atoms with Crippen LogP contribution < -0.4 is 5.73 Å². The largest absolute Gasteiger partial charge is 0.393 e. The number of hydrogen-bond donors (Lipinski definition) is 1. The molecule has 2 heterocycles. The first kappa shape index (κ1) is 12.0. The zero-order valence-corrected chi connectivity index (χ0v) is 10.2. The number of allylic oxidation sites excluding steroid dienone is 3. The van der Waals surface area contributed by atoms with Crippen molar-refractivity contribution in [2.75, 3.05) is 0 Å². The minimum absolute atomic E-state index is 0.00338. The Morgan fingerprint density at radius 1 is 1.40 bits per heavy atom. The Morgan fingerprint density at radius 2 is 2.15 bits per heavy atom. The van der Waals surface area contributed by atoms with E-state index in [0.717, 1.165) is 0 Å². The molecule has 0 fully saturated rings.